The van der Waals surface area contributed by atoms with Gasteiger partial charge in [-0.15, -0.1) is 0 Å². The number of hydrogen-bond acceptors (Lipinski definition) is 2. The van der Waals surface area contributed by atoms with Gasteiger partial charge in [0.25, 0.3) is 0 Å². The lowest BCUT2D eigenvalue weighted by Gasteiger charge is -2.18. The Kier molecular flexibility index (Phi) is 4.10. The maximum Gasteiger partial charge on any atom is 0.120 e. The zero-order valence-electron chi connectivity index (χ0n) is 11.8. The molecule has 0 amide bonds. The van der Waals surface area contributed by atoms with E-state index in [0.29, 0.717) is 5.75 Å². The van der Waals surface area contributed by atoms with Crippen LogP contribution in [0.3, 0.4) is 0 Å². The Hall–Kier alpha value is -1.96. The first-order valence-electron chi connectivity index (χ1n) is 6.75. The van der Waals surface area contributed by atoms with Crippen molar-refractivity contribution in [1.29, 1.82) is 0 Å². The van der Waals surface area contributed by atoms with Gasteiger partial charge >= 0.3 is 0 Å². The van der Waals surface area contributed by atoms with Gasteiger partial charge in [0.15, 0.2) is 0 Å². The van der Waals surface area contributed by atoms with Gasteiger partial charge in [-0.1, -0.05) is 36.8 Å². The molecular weight excluding hydrogens is 234 g/mol. The van der Waals surface area contributed by atoms with Crippen molar-refractivity contribution in [2.75, 3.05) is 5.32 Å². The first-order chi connectivity index (χ1) is 9.10. The third kappa shape index (κ3) is 3.28. The molecule has 19 heavy (non-hydrogen) atoms. The van der Waals surface area contributed by atoms with Crippen molar-refractivity contribution >= 4 is 5.69 Å². The van der Waals surface area contributed by atoms with Crippen molar-refractivity contribution in [3.8, 4) is 5.75 Å². The molecule has 0 fully saturated rings. The molecule has 0 saturated carbocycles. The second kappa shape index (κ2) is 5.79. The van der Waals surface area contributed by atoms with Gasteiger partial charge in [-0.2, -0.15) is 0 Å². The van der Waals surface area contributed by atoms with E-state index in [1.165, 1.54) is 5.56 Å². The molecule has 2 heteroatoms. The van der Waals surface area contributed by atoms with Gasteiger partial charge < -0.3 is 10.4 Å². The summed E-state index contributed by atoms with van der Waals surface area (Å²) in [5.74, 6) is 0.345. The van der Waals surface area contributed by atoms with E-state index < -0.39 is 0 Å². The van der Waals surface area contributed by atoms with E-state index in [9.17, 15) is 5.11 Å². The molecule has 2 nitrogen and oxygen atoms in total. The van der Waals surface area contributed by atoms with Crippen molar-refractivity contribution in [1.82, 2.24) is 0 Å². The molecule has 1 atom stereocenters. The minimum Gasteiger partial charge on any atom is -0.508 e. The molecule has 0 heterocycles. The summed E-state index contributed by atoms with van der Waals surface area (Å²) in [4.78, 5) is 0. The zero-order valence-corrected chi connectivity index (χ0v) is 11.8. The molecule has 2 aromatic carbocycles. The van der Waals surface area contributed by atoms with Crippen LogP contribution in [0, 0.1) is 6.92 Å². The van der Waals surface area contributed by atoms with Crippen LogP contribution in [-0.2, 0) is 6.42 Å². The van der Waals surface area contributed by atoms with E-state index in [4.69, 9.17) is 0 Å². The van der Waals surface area contributed by atoms with Crippen LogP contribution in [0.5, 0.6) is 5.75 Å². The Morgan fingerprint density at radius 2 is 1.95 bits per heavy atom. The molecule has 2 rings (SSSR count). The molecule has 0 radical (unpaired) electrons. The molecule has 0 spiro atoms. The van der Waals surface area contributed by atoms with Crippen molar-refractivity contribution in [2.24, 2.45) is 0 Å². The Morgan fingerprint density at radius 3 is 2.68 bits per heavy atom. The predicted molar refractivity (Wildman–Crippen MR) is 80.7 cm³/mol. The fourth-order valence-electron chi connectivity index (χ4n) is 2.23. The SMILES string of the molecule is CCc1cccc(NC(C)c2cc(C)ccc2O)c1. The topological polar surface area (TPSA) is 32.3 Å². The van der Waals surface area contributed by atoms with Crippen LogP contribution < -0.4 is 5.32 Å². The lowest BCUT2D eigenvalue weighted by atomic mass is 10.0. The number of aromatic hydroxyl groups is 1. The highest BCUT2D eigenvalue weighted by Gasteiger charge is 2.10. The summed E-state index contributed by atoms with van der Waals surface area (Å²) in [6.45, 7) is 6.25. The average Bonchev–Trinajstić information content (AvgIpc) is 2.41. The van der Waals surface area contributed by atoms with Crippen LogP contribution in [0.25, 0.3) is 0 Å². The van der Waals surface area contributed by atoms with Crippen molar-refractivity contribution in [3.63, 3.8) is 0 Å². The van der Waals surface area contributed by atoms with Crippen LogP contribution in [0.1, 0.15) is 36.6 Å². The molecule has 0 aliphatic heterocycles. The third-order valence-corrected chi connectivity index (χ3v) is 3.37. The van der Waals surface area contributed by atoms with E-state index in [1.54, 1.807) is 6.07 Å². The number of benzene rings is 2. The van der Waals surface area contributed by atoms with Gasteiger partial charge in [0.1, 0.15) is 5.75 Å². The smallest absolute Gasteiger partial charge is 0.120 e. The molecular formula is C17H21NO. The van der Waals surface area contributed by atoms with E-state index in [1.807, 2.05) is 19.1 Å². The van der Waals surface area contributed by atoms with Gasteiger partial charge in [0.05, 0.1) is 6.04 Å². The minimum absolute atomic E-state index is 0.0759. The molecule has 2 N–H and O–H groups in total. The maximum atomic E-state index is 9.94. The lowest BCUT2D eigenvalue weighted by Crippen LogP contribution is -2.07. The Bertz CT molecular complexity index is 563. The van der Waals surface area contributed by atoms with E-state index >= 15 is 0 Å². The molecule has 0 saturated heterocycles. The van der Waals surface area contributed by atoms with Crippen molar-refractivity contribution in [3.05, 3.63) is 59.2 Å². The van der Waals surface area contributed by atoms with Crippen molar-refractivity contribution < 1.29 is 5.11 Å². The number of hydrogen-bond donors (Lipinski definition) is 2. The second-order valence-electron chi connectivity index (χ2n) is 4.98. The monoisotopic (exact) mass is 255 g/mol. The van der Waals surface area contributed by atoms with E-state index in [2.05, 4.69) is 43.4 Å². The summed E-state index contributed by atoms with van der Waals surface area (Å²) in [7, 11) is 0. The summed E-state index contributed by atoms with van der Waals surface area (Å²) in [6, 6.07) is 14.2. The fraction of sp³-hybridized carbons (Fsp3) is 0.294. The Morgan fingerprint density at radius 1 is 1.16 bits per heavy atom. The Labute approximate surface area is 115 Å². The van der Waals surface area contributed by atoms with Gasteiger partial charge in [-0.25, -0.2) is 0 Å². The number of phenols is 1. The quantitative estimate of drug-likeness (QED) is 0.846. The number of anilines is 1. The standard InChI is InChI=1S/C17H21NO/c1-4-14-6-5-7-15(11-14)18-13(3)16-10-12(2)8-9-17(16)19/h5-11,13,18-19H,4H2,1-3H3. The highest BCUT2D eigenvalue weighted by atomic mass is 16.3. The van der Waals surface area contributed by atoms with Gasteiger partial charge in [-0.05, 0) is 44.0 Å². The zero-order chi connectivity index (χ0) is 13.8. The van der Waals surface area contributed by atoms with Crippen molar-refractivity contribution in [2.45, 2.75) is 33.2 Å². The molecule has 1 unspecified atom stereocenters. The second-order valence-corrected chi connectivity index (χ2v) is 4.98. The van der Waals surface area contributed by atoms with Gasteiger partial charge in [0, 0.05) is 11.3 Å². The van der Waals surface area contributed by atoms with E-state index in [0.717, 1.165) is 23.2 Å². The maximum absolute atomic E-state index is 9.94. The minimum atomic E-state index is 0.0759. The summed E-state index contributed by atoms with van der Waals surface area (Å²) in [6.07, 6.45) is 1.03. The molecule has 100 valence electrons. The van der Waals surface area contributed by atoms with E-state index in [-0.39, 0.29) is 6.04 Å². The highest BCUT2D eigenvalue weighted by molar-refractivity contribution is 5.49. The van der Waals surface area contributed by atoms with Crippen LogP contribution in [0.4, 0.5) is 5.69 Å². The van der Waals surface area contributed by atoms with Gasteiger partial charge in [0.2, 0.25) is 0 Å². The molecule has 2 aromatic rings. The first-order valence-corrected chi connectivity index (χ1v) is 6.75. The third-order valence-electron chi connectivity index (χ3n) is 3.37. The molecule has 0 aliphatic carbocycles. The van der Waals surface area contributed by atoms with Crippen LogP contribution in [-0.4, -0.2) is 5.11 Å². The summed E-state index contributed by atoms with van der Waals surface area (Å²) >= 11 is 0. The normalized spacial score (nSPS) is 12.2. The average molecular weight is 255 g/mol. The molecule has 0 aromatic heterocycles. The summed E-state index contributed by atoms with van der Waals surface area (Å²) < 4.78 is 0. The number of aryl methyl sites for hydroxylation is 2. The summed E-state index contributed by atoms with van der Waals surface area (Å²) in [5.41, 5.74) is 4.49. The molecule has 0 aliphatic rings. The Balaban J connectivity index is 2.20. The predicted octanol–water partition coefficient (Wildman–Crippen LogP) is 4.44. The van der Waals surface area contributed by atoms with Crippen LogP contribution in [0.15, 0.2) is 42.5 Å². The number of phenolic OH excluding ortho intramolecular Hbond substituents is 1. The largest absolute Gasteiger partial charge is 0.508 e. The first kappa shape index (κ1) is 13.5. The number of rotatable bonds is 4. The summed E-state index contributed by atoms with van der Waals surface area (Å²) in [5, 5.41) is 13.4. The molecule has 0 bridgehead atoms. The lowest BCUT2D eigenvalue weighted by molar-refractivity contribution is 0.465. The van der Waals surface area contributed by atoms with Crippen LogP contribution in [0.2, 0.25) is 0 Å². The number of nitrogens with one attached hydrogen (secondary N) is 1. The highest BCUT2D eigenvalue weighted by Crippen LogP contribution is 2.28. The fourth-order valence-corrected chi connectivity index (χ4v) is 2.23. The van der Waals surface area contributed by atoms with Gasteiger partial charge in [-0.3, -0.25) is 0 Å². The van der Waals surface area contributed by atoms with Crippen LogP contribution >= 0.6 is 0 Å².